The first-order valence-electron chi connectivity index (χ1n) is 5.40. The summed E-state index contributed by atoms with van der Waals surface area (Å²) in [4.78, 5) is 19.2. The highest BCUT2D eigenvalue weighted by Crippen LogP contribution is 2.05. The summed E-state index contributed by atoms with van der Waals surface area (Å²) in [6, 6.07) is 1.73. The highest BCUT2D eigenvalue weighted by atomic mass is 16.5. The van der Waals surface area contributed by atoms with E-state index in [1.54, 1.807) is 6.92 Å². The van der Waals surface area contributed by atoms with Gasteiger partial charge in [-0.05, 0) is 19.4 Å². The smallest absolute Gasteiger partial charge is 0.357 e. The van der Waals surface area contributed by atoms with E-state index in [1.807, 2.05) is 0 Å². The second kappa shape index (κ2) is 6.76. The molecule has 16 heavy (non-hydrogen) atoms. The first kappa shape index (κ1) is 12.4. The summed E-state index contributed by atoms with van der Waals surface area (Å²) in [7, 11) is 0. The van der Waals surface area contributed by atoms with E-state index in [0.717, 1.165) is 12.8 Å². The van der Waals surface area contributed by atoms with E-state index in [-0.39, 0.29) is 11.7 Å². The molecule has 0 bridgehead atoms. The largest absolute Gasteiger partial charge is 0.463 e. The Morgan fingerprint density at radius 1 is 1.44 bits per heavy atom. The predicted octanol–water partition coefficient (Wildman–Crippen LogP) is 1.83. The topological polar surface area (TPSA) is 61.3 Å². The quantitative estimate of drug-likeness (QED) is 0.545. The van der Waals surface area contributed by atoms with Gasteiger partial charge in [0.05, 0.1) is 13.2 Å². The maximum absolute atomic E-state index is 11.4. The molecule has 0 aliphatic heterocycles. The first-order chi connectivity index (χ1) is 7.77. The van der Waals surface area contributed by atoms with Gasteiger partial charge in [-0.15, -0.1) is 0 Å². The Morgan fingerprint density at radius 3 is 2.94 bits per heavy atom. The van der Waals surface area contributed by atoms with Crippen molar-refractivity contribution in [3.8, 4) is 6.01 Å². The molecule has 0 N–H and O–H groups in total. The van der Waals surface area contributed by atoms with Gasteiger partial charge in [0.1, 0.15) is 0 Å². The fourth-order valence-corrected chi connectivity index (χ4v) is 1.04. The van der Waals surface area contributed by atoms with Gasteiger partial charge in [0.15, 0.2) is 5.69 Å². The van der Waals surface area contributed by atoms with Crippen molar-refractivity contribution in [3.63, 3.8) is 0 Å². The molecule has 1 aromatic heterocycles. The lowest BCUT2D eigenvalue weighted by molar-refractivity contribution is 0.0517. The summed E-state index contributed by atoms with van der Waals surface area (Å²) >= 11 is 0. The van der Waals surface area contributed by atoms with Crippen LogP contribution in [0.25, 0.3) is 0 Å². The number of esters is 1. The molecule has 0 radical (unpaired) electrons. The summed E-state index contributed by atoms with van der Waals surface area (Å²) in [5.74, 6) is -0.453. The van der Waals surface area contributed by atoms with Crippen LogP contribution in [0.4, 0.5) is 0 Å². The van der Waals surface area contributed by atoms with Crippen molar-refractivity contribution in [2.75, 3.05) is 13.2 Å². The molecule has 1 heterocycles. The summed E-state index contributed by atoms with van der Waals surface area (Å²) in [5, 5.41) is 0. The van der Waals surface area contributed by atoms with Crippen LogP contribution in [0.5, 0.6) is 6.01 Å². The molecular formula is C11H16N2O3. The lowest BCUT2D eigenvalue weighted by atomic mass is 10.4. The molecule has 0 amide bonds. The molecule has 0 saturated heterocycles. The van der Waals surface area contributed by atoms with Crippen molar-refractivity contribution in [1.29, 1.82) is 0 Å². The van der Waals surface area contributed by atoms with E-state index in [2.05, 4.69) is 16.9 Å². The van der Waals surface area contributed by atoms with Crippen LogP contribution >= 0.6 is 0 Å². The zero-order valence-corrected chi connectivity index (χ0v) is 9.60. The van der Waals surface area contributed by atoms with Gasteiger partial charge in [-0.1, -0.05) is 13.3 Å². The summed E-state index contributed by atoms with van der Waals surface area (Å²) in [6.07, 6.45) is 3.46. The van der Waals surface area contributed by atoms with Crippen molar-refractivity contribution in [1.82, 2.24) is 9.97 Å². The van der Waals surface area contributed by atoms with E-state index in [4.69, 9.17) is 9.47 Å². The van der Waals surface area contributed by atoms with Crippen LogP contribution in [-0.4, -0.2) is 29.2 Å². The monoisotopic (exact) mass is 224 g/mol. The third-order valence-corrected chi connectivity index (χ3v) is 1.85. The van der Waals surface area contributed by atoms with E-state index in [0.29, 0.717) is 13.2 Å². The number of aromatic nitrogens is 2. The molecule has 0 aromatic carbocycles. The number of carbonyl (C=O) groups excluding carboxylic acids is 1. The first-order valence-corrected chi connectivity index (χ1v) is 5.40. The van der Waals surface area contributed by atoms with Gasteiger partial charge >= 0.3 is 12.0 Å². The van der Waals surface area contributed by atoms with Crippen LogP contribution in [0.1, 0.15) is 37.2 Å². The van der Waals surface area contributed by atoms with E-state index in [9.17, 15) is 4.79 Å². The second-order valence-electron chi connectivity index (χ2n) is 3.15. The number of hydrogen-bond donors (Lipinski definition) is 0. The van der Waals surface area contributed by atoms with Crippen molar-refractivity contribution in [2.24, 2.45) is 0 Å². The van der Waals surface area contributed by atoms with Crippen LogP contribution in [0.15, 0.2) is 12.3 Å². The molecule has 5 heteroatoms. The minimum absolute atomic E-state index is 0.221. The fraction of sp³-hybridized carbons (Fsp3) is 0.545. The molecule has 0 saturated carbocycles. The Balaban J connectivity index is 2.60. The summed E-state index contributed by atoms with van der Waals surface area (Å²) < 4.78 is 10.1. The average Bonchev–Trinajstić information content (AvgIpc) is 2.30. The van der Waals surface area contributed by atoms with Gasteiger partial charge in [-0.2, -0.15) is 4.98 Å². The Bertz CT molecular complexity index is 342. The third-order valence-electron chi connectivity index (χ3n) is 1.85. The lowest BCUT2D eigenvalue weighted by Crippen LogP contribution is -2.09. The maximum atomic E-state index is 11.4. The van der Waals surface area contributed by atoms with Gasteiger partial charge < -0.3 is 9.47 Å². The molecule has 1 rings (SSSR count). The number of rotatable bonds is 6. The minimum Gasteiger partial charge on any atom is -0.463 e. The minimum atomic E-state index is -0.453. The molecule has 0 aliphatic rings. The normalized spacial score (nSPS) is 9.88. The van der Waals surface area contributed by atoms with E-state index >= 15 is 0 Å². The molecular weight excluding hydrogens is 208 g/mol. The van der Waals surface area contributed by atoms with Crippen molar-refractivity contribution in [2.45, 2.75) is 26.7 Å². The van der Waals surface area contributed by atoms with Gasteiger partial charge in [-0.25, -0.2) is 9.78 Å². The molecule has 0 fully saturated rings. The fourth-order valence-electron chi connectivity index (χ4n) is 1.04. The SMILES string of the molecule is CCCCOc1nccc(C(=O)OCC)n1. The van der Waals surface area contributed by atoms with Gasteiger partial charge in [0.2, 0.25) is 0 Å². The molecule has 0 unspecified atom stereocenters. The average molecular weight is 224 g/mol. The van der Waals surface area contributed by atoms with E-state index < -0.39 is 5.97 Å². The molecule has 0 spiro atoms. The van der Waals surface area contributed by atoms with Crippen molar-refractivity contribution >= 4 is 5.97 Å². The third kappa shape index (κ3) is 3.84. The Morgan fingerprint density at radius 2 is 2.25 bits per heavy atom. The highest BCUT2D eigenvalue weighted by Gasteiger charge is 2.09. The second-order valence-corrected chi connectivity index (χ2v) is 3.15. The van der Waals surface area contributed by atoms with Crippen LogP contribution in [0.2, 0.25) is 0 Å². The molecule has 88 valence electrons. The zero-order chi connectivity index (χ0) is 11.8. The van der Waals surface area contributed by atoms with Gasteiger partial charge in [-0.3, -0.25) is 0 Å². The number of carbonyl (C=O) groups is 1. The summed E-state index contributed by atoms with van der Waals surface area (Å²) in [6.45, 7) is 4.70. The number of unbranched alkanes of at least 4 members (excludes halogenated alkanes) is 1. The summed E-state index contributed by atoms with van der Waals surface area (Å²) in [5.41, 5.74) is 0.225. The standard InChI is InChI=1S/C11H16N2O3/c1-3-5-8-16-11-12-7-6-9(13-11)10(14)15-4-2/h6-7H,3-5,8H2,1-2H3. The van der Waals surface area contributed by atoms with Crippen LogP contribution in [0.3, 0.4) is 0 Å². The maximum Gasteiger partial charge on any atom is 0.357 e. The highest BCUT2D eigenvalue weighted by molar-refractivity contribution is 5.87. The van der Waals surface area contributed by atoms with Crippen LogP contribution in [-0.2, 0) is 4.74 Å². The van der Waals surface area contributed by atoms with Crippen LogP contribution in [0, 0.1) is 0 Å². The molecule has 0 aliphatic carbocycles. The van der Waals surface area contributed by atoms with Crippen LogP contribution < -0.4 is 4.74 Å². The Labute approximate surface area is 94.8 Å². The Hall–Kier alpha value is -1.65. The number of ether oxygens (including phenoxy) is 2. The van der Waals surface area contributed by atoms with Crippen molar-refractivity contribution < 1.29 is 14.3 Å². The lowest BCUT2D eigenvalue weighted by Gasteiger charge is -2.04. The molecule has 0 atom stereocenters. The number of hydrogen-bond acceptors (Lipinski definition) is 5. The van der Waals surface area contributed by atoms with Gasteiger partial charge in [0, 0.05) is 6.20 Å². The van der Waals surface area contributed by atoms with Crippen molar-refractivity contribution in [3.05, 3.63) is 18.0 Å². The van der Waals surface area contributed by atoms with Gasteiger partial charge in [0.25, 0.3) is 0 Å². The predicted molar refractivity (Wildman–Crippen MR) is 58.4 cm³/mol. The van der Waals surface area contributed by atoms with E-state index in [1.165, 1.54) is 12.3 Å². The molecule has 1 aromatic rings. The zero-order valence-electron chi connectivity index (χ0n) is 9.60. The Kier molecular flexibility index (Phi) is 5.25. The molecule has 5 nitrogen and oxygen atoms in total. The number of nitrogens with zero attached hydrogens (tertiary/aromatic N) is 2.